The summed E-state index contributed by atoms with van der Waals surface area (Å²) >= 11 is 0. The molecule has 1 saturated heterocycles. The number of rotatable bonds is 3. The van der Waals surface area contributed by atoms with Crippen LogP contribution < -0.4 is 10.6 Å². The molecule has 8 nitrogen and oxygen atoms in total. The van der Waals surface area contributed by atoms with E-state index in [1.54, 1.807) is 0 Å². The molecule has 0 radical (unpaired) electrons. The number of amides is 6. The number of carbonyl (C=O) groups is 4. The fraction of sp³-hybridized carbons (Fsp3) is 0.765. The first-order valence-electron chi connectivity index (χ1n) is 9.01. The molecule has 5 fully saturated rings. The van der Waals surface area contributed by atoms with Gasteiger partial charge in [-0.15, -0.1) is 0 Å². The lowest BCUT2D eigenvalue weighted by molar-refractivity contribution is -0.130. The van der Waals surface area contributed by atoms with Crippen LogP contribution in [0.1, 0.15) is 38.5 Å². The first-order chi connectivity index (χ1) is 11.8. The smallest absolute Gasteiger partial charge is 0.327 e. The van der Waals surface area contributed by atoms with Crippen LogP contribution in [-0.2, 0) is 9.59 Å². The van der Waals surface area contributed by atoms with Crippen molar-refractivity contribution in [1.29, 1.82) is 0 Å². The molecule has 1 heterocycles. The van der Waals surface area contributed by atoms with E-state index in [4.69, 9.17) is 0 Å². The lowest BCUT2D eigenvalue weighted by Crippen LogP contribution is -2.62. The van der Waals surface area contributed by atoms with Crippen LogP contribution in [0.2, 0.25) is 0 Å². The molecule has 0 aromatic carbocycles. The largest absolute Gasteiger partial charge is 0.332 e. The van der Waals surface area contributed by atoms with Crippen molar-refractivity contribution in [2.45, 2.75) is 44.1 Å². The molecule has 0 atom stereocenters. The van der Waals surface area contributed by atoms with Crippen molar-refractivity contribution in [1.82, 2.24) is 20.4 Å². The summed E-state index contributed by atoms with van der Waals surface area (Å²) in [6, 6.07) is -1.03. The van der Waals surface area contributed by atoms with Crippen LogP contribution in [0.4, 0.5) is 9.59 Å². The fourth-order valence-electron chi connectivity index (χ4n) is 5.67. The Balaban J connectivity index is 1.33. The summed E-state index contributed by atoms with van der Waals surface area (Å²) < 4.78 is 0. The van der Waals surface area contributed by atoms with Crippen LogP contribution >= 0.6 is 0 Å². The molecule has 0 unspecified atom stereocenters. The minimum absolute atomic E-state index is 0.0361. The summed E-state index contributed by atoms with van der Waals surface area (Å²) in [5, 5.41) is 5.33. The van der Waals surface area contributed by atoms with E-state index in [1.165, 1.54) is 31.2 Å². The molecule has 25 heavy (non-hydrogen) atoms. The van der Waals surface area contributed by atoms with Crippen molar-refractivity contribution in [3.8, 4) is 0 Å². The molecule has 5 rings (SSSR count). The minimum atomic E-state index is -0.640. The fourth-order valence-corrected chi connectivity index (χ4v) is 5.67. The van der Waals surface area contributed by atoms with E-state index in [-0.39, 0.29) is 12.1 Å². The van der Waals surface area contributed by atoms with Gasteiger partial charge in [-0.2, -0.15) is 0 Å². The van der Waals surface area contributed by atoms with Crippen molar-refractivity contribution in [2.75, 3.05) is 20.1 Å². The quantitative estimate of drug-likeness (QED) is 0.733. The molecule has 0 aromatic rings. The maximum absolute atomic E-state index is 12.3. The molecular weight excluding hydrogens is 324 g/mol. The van der Waals surface area contributed by atoms with Gasteiger partial charge in [0.1, 0.15) is 13.1 Å². The maximum Gasteiger partial charge on any atom is 0.327 e. The standard InChI is InChI=1S/C17H24N4O4/c1-20-9-14(23)21(16(20)25)8-13(22)18-15(24)19-17-5-10-2-11(6-17)4-12(3-10)7-17/h10-12H,2-9H2,1H3,(H2,18,19,22,24). The number of hydrogen-bond donors (Lipinski definition) is 2. The Morgan fingerprint density at radius 1 is 1.08 bits per heavy atom. The molecule has 136 valence electrons. The Bertz CT molecular complexity index is 611. The molecule has 4 aliphatic carbocycles. The number of imide groups is 2. The van der Waals surface area contributed by atoms with Gasteiger partial charge in [0.05, 0.1) is 0 Å². The van der Waals surface area contributed by atoms with Gasteiger partial charge in [0.15, 0.2) is 0 Å². The first-order valence-corrected chi connectivity index (χ1v) is 9.01. The molecule has 8 heteroatoms. The molecule has 1 aliphatic heterocycles. The van der Waals surface area contributed by atoms with Crippen LogP contribution in [0, 0.1) is 17.8 Å². The van der Waals surface area contributed by atoms with Gasteiger partial charge in [-0.05, 0) is 56.3 Å². The highest BCUT2D eigenvalue weighted by Gasteiger charge is 2.51. The Kier molecular flexibility index (Phi) is 3.73. The van der Waals surface area contributed by atoms with Crippen LogP contribution in [0.25, 0.3) is 0 Å². The van der Waals surface area contributed by atoms with E-state index in [2.05, 4.69) is 10.6 Å². The molecule has 6 amide bonds. The second kappa shape index (κ2) is 5.71. The monoisotopic (exact) mass is 348 g/mol. The lowest BCUT2D eigenvalue weighted by Gasteiger charge is -2.56. The number of urea groups is 2. The Labute approximate surface area is 146 Å². The summed E-state index contributed by atoms with van der Waals surface area (Å²) in [5.41, 5.74) is -0.182. The van der Waals surface area contributed by atoms with Crippen molar-refractivity contribution >= 4 is 23.9 Å². The number of nitrogens with zero attached hydrogens (tertiary/aromatic N) is 2. The molecule has 2 N–H and O–H groups in total. The highest BCUT2D eigenvalue weighted by molar-refractivity contribution is 6.06. The predicted molar refractivity (Wildman–Crippen MR) is 87.3 cm³/mol. The maximum atomic E-state index is 12.3. The third kappa shape index (κ3) is 2.98. The van der Waals surface area contributed by atoms with Gasteiger partial charge in [-0.25, -0.2) is 9.59 Å². The number of likely N-dealkylation sites (N-methyl/N-ethyl adjacent to an activating group) is 1. The average molecular weight is 348 g/mol. The topological polar surface area (TPSA) is 98.8 Å². The van der Waals surface area contributed by atoms with Gasteiger partial charge < -0.3 is 10.2 Å². The number of hydrogen-bond acceptors (Lipinski definition) is 4. The third-order valence-corrected chi connectivity index (χ3v) is 6.20. The van der Waals surface area contributed by atoms with Gasteiger partial charge in [0.25, 0.3) is 5.91 Å². The van der Waals surface area contributed by atoms with Crippen LogP contribution in [0.15, 0.2) is 0 Å². The third-order valence-electron chi connectivity index (χ3n) is 6.20. The number of nitrogens with one attached hydrogen (secondary N) is 2. The molecule has 5 aliphatic rings. The first kappa shape index (κ1) is 16.4. The van der Waals surface area contributed by atoms with E-state index in [0.29, 0.717) is 17.8 Å². The van der Waals surface area contributed by atoms with Crippen molar-refractivity contribution in [3.63, 3.8) is 0 Å². The zero-order valence-electron chi connectivity index (χ0n) is 14.4. The van der Waals surface area contributed by atoms with Crippen LogP contribution in [0.5, 0.6) is 0 Å². The van der Waals surface area contributed by atoms with Crippen molar-refractivity contribution in [2.24, 2.45) is 17.8 Å². The second-order valence-electron chi connectivity index (χ2n) is 8.32. The SMILES string of the molecule is CN1CC(=O)N(CC(=O)NC(=O)NC23CC4CC(CC(C4)C2)C3)C1=O. The van der Waals surface area contributed by atoms with Crippen molar-refractivity contribution < 1.29 is 19.2 Å². The van der Waals surface area contributed by atoms with Gasteiger partial charge >= 0.3 is 12.1 Å². The zero-order chi connectivity index (χ0) is 17.8. The summed E-state index contributed by atoms with van der Waals surface area (Å²) in [7, 11) is 1.50. The summed E-state index contributed by atoms with van der Waals surface area (Å²) in [6.07, 6.45) is 6.80. The second-order valence-corrected chi connectivity index (χ2v) is 8.32. The summed E-state index contributed by atoms with van der Waals surface area (Å²) in [6.45, 7) is -0.456. The highest BCUT2D eigenvalue weighted by atomic mass is 16.2. The van der Waals surface area contributed by atoms with Gasteiger partial charge in [-0.3, -0.25) is 19.8 Å². The van der Waals surface area contributed by atoms with Crippen molar-refractivity contribution in [3.05, 3.63) is 0 Å². The Morgan fingerprint density at radius 3 is 2.12 bits per heavy atom. The zero-order valence-corrected chi connectivity index (χ0v) is 14.4. The molecule has 0 spiro atoms. The summed E-state index contributed by atoms with van der Waals surface area (Å²) in [5.74, 6) is 1.01. The van der Waals surface area contributed by atoms with E-state index in [1.807, 2.05) is 0 Å². The van der Waals surface area contributed by atoms with Gasteiger partial charge in [-0.1, -0.05) is 0 Å². The highest BCUT2D eigenvalue weighted by Crippen LogP contribution is 2.55. The molecule has 4 saturated carbocycles. The van der Waals surface area contributed by atoms with Crippen LogP contribution in [-0.4, -0.2) is 59.4 Å². The van der Waals surface area contributed by atoms with E-state index in [9.17, 15) is 19.2 Å². The predicted octanol–water partition coefficient (Wildman–Crippen LogP) is 0.675. The Hall–Kier alpha value is -2.12. The normalized spacial score (nSPS) is 36.1. The molecule has 4 bridgehead atoms. The van der Waals surface area contributed by atoms with Crippen LogP contribution in [0.3, 0.4) is 0 Å². The lowest BCUT2D eigenvalue weighted by atomic mass is 9.53. The summed E-state index contributed by atoms with van der Waals surface area (Å²) in [4.78, 5) is 49.9. The van der Waals surface area contributed by atoms with E-state index >= 15 is 0 Å². The van der Waals surface area contributed by atoms with Gasteiger partial charge in [0.2, 0.25) is 5.91 Å². The number of carbonyl (C=O) groups excluding carboxylic acids is 4. The van der Waals surface area contributed by atoms with E-state index < -0.39 is 30.4 Å². The minimum Gasteiger partial charge on any atom is -0.332 e. The average Bonchev–Trinajstić information content (AvgIpc) is 2.71. The van der Waals surface area contributed by atoms with E-state index in [0.717, 1.165) is 24.2 Å². The Morgan fingerprint density at radius 2 is 1.64 bits per heavy atom. The van der Waals surface area contributed by atoms with Gasteiger partial charge in [0, 0.05) is 12.6 Å². The molecular formula is C17H24N4O4. The molecule has 0 aromatic heterocycles.